The summed E-state index contributed by atoms with van der Waals surface area (Å²) in [6, 6.07) is 12.3. The molecule has 0 aliphatic carbocycles. The molecule has 3 aromatic carbocycles. The van der Waals surface area contributed by atoms with Crippen molar-refractivity contribution in [3.63, 3.8) is 0 Å². The maximum absolute atomic E-state index is 13.0. The average molecular weight is 443 g/mol. The van der Waals surface area contributed by atoms with Crippen LogP contribution in [0.2, 0.25) is 5.02 Å². The van der Waals surface area contributed by atoms with E-state index in [1.807, 2.05) is 0 Å². The minimum atomic E-state index is -0.823. The van der Waals surface area contributed by atoms with Crippen LogP contribution in [-0.2, 0) is 0 Å². The Balaban J connectivity index is 2.13. The summed E-state index contributed by atoms with van der Waals surface area (Å²) in [7, 11) is 0. The maximum atomic E-state index is 13.0. The molecule has 0 unspecified atom stereocenters. The number of nitro groups is 3. The molecule has 0 aliphatic rings. The molecule has 1 N–H and O–H groups in total. The highest BCUT2D eigenvalue weighted by atomic mass is 35.5. The van der Waals surface area contributed by atoms with Crippen LogP contribution >= 0.6 is 11.6 Å². The zero-order valence-corrected chi connectivity index (χ0v) is 16.1. The van der Waals surface area contributed by atoms with Gasteiger partial charge in [-0.15, -0.1) is 0 Å². The first-order chi connectivity index (χ1) is 14.7. The Kier molecular flexibility index (Phi) is 5.88. The lowest BCUT2D eigenvalue weighted by Gasteiger charge is -2.12. The maximum Gasteiger partial charge on any atom is 0.299 e. The fourth-order valence-electron chi connectivity index (χ4n) is 2.77. The number of benzene rings is 3. The smallest absolute Gasteiger partial charge is 0.299 e. The van der Waals surface area contributed by atoms with Gasteiger partial charge in [0.2, 0.25) is 0 Å². The number of nitrogens with zero attached hydrogens (tertiary/aromatic N) is 3. The number of nitro benzene ring substituents is 3. The monoisotopic (exact) mass is 442 g/mol. The molecule has 0 aliphatic heterocycles. The van der Waals surface area contributed by atoms with Crippen LogP contribution in [0.3, 0.4) is 0 Å². The summed E-state index contributed by atoms with van der Waals surface area (Å²) >= 11 is 6.07. The van der Waals surface area contributed by atoms with E-state index in [-0.39, 0.29) is 33.2 Å². The number of anilines is 2. The zero-order valence-electron chi connectivity index (χ0n) is 15.4. The van der Waals surface area contributed by atoms with Gasteiger partial charge in [-0.2, -0.15) is 0 Å². The van der Waals surface area contributed by atoms with Crippen LogP contribution in [0.25, 0.3) is 0 Å². The Morgan fingerprint density at radius 2 is 1.32 bits per heavy atom. The van der Waals surface area contributed by atoms with Crippen LogP contribution in [0.1, 0.15) is 15.9 Å². The Bertz CT molecular complexity index is 1250. The molecular weight excluding hydrogens is 432 g/mol. The van der Waals surface area contributed by atoms with Gasteiger partial charge in [0.15, 0.2) is 5.78 Å². The Morgan fingerprint density at radius 1 is 0.742 bits per heavy atom. The van der Waals surface area contributed by atoms with E-state index in [1.54, 1.807) is 12.1 Å². The molecule has 0 saturated heterocycles. The molecule has 0 amide bonds. The molecule has 12 heteroatoms. The van der Waals surface area contributed by atoms with E-state index >= 15 is 0 Å². The summed E-state index contributed by atoms with van der Waals surface area (Å²) in [6.07, 6.45) is 0. The second-order valence-electron chi connectivity index (χ2n) is 6.14. The summed E-state index contributed by atoms with van der Waals surface area (Å²) in [6.45, 7) is 0. The van der Waals surface area contributed by atoms with Gasteiger partial charge in [0.25, 0.3) is 17.1 Å². The fraction of sp³-hybridized carbons (Fsp3) is 0. The number of hydrogen-bond donors (Lipinski definition) is 1. The molecule has 0 bridgehead atoms. The first-order valence-corrected chi connectivity index (χ1v) is 8.84. The van der Waals surface area contributed by atoms with Crippen LogP contribution in [0, 0.1) is 30.3 Å². The fourth-order valence-corrected chi connectivity index (χ4v) is 2.99. The van der Waals surface area contributed by atoms with E-state index in [4.69, 9.17) is 11.6 Å². The van der Waals surface area contributed by atoms with Crippen LogP contribution in [0.5, 0.6) is 0 Å². The number of carbonyl (C=O) groups is 1. The quantitative estimate of drug-likeness (QED) is 0.302. The van der Waals surface area contributed by atoms with Crippen LogP contribution in [0.4, 0.5) is 28.4 Å². The molecule has 0 heterocycles. The minimum absolute atomic E-state index is 0.0208. The summed E-state index contributed by atoms with van der Waals surface area (Å²) in [5.74, 6) is -0.652. The second-order valence-corrected chi connectivity index (χ2v) is 6.54. The Labute approximate surface area is 178 Å². The van der Waals surface area contributed by atoms with Crippen LogP contribution in [-0.4, -0.2) is 20.6 Å². The molecule has 0 fully saturated rings. The van der Waals surface area contributed by atoms with Gasteiger partial charge in [-0.3, -0.25) is 35.1 Å². The Hall–Kier alpha value is -4.38. The first-order valence-electron chi connectivity index (χ1n) is 8.46. The SMILES string of the molecule is O=C(c1ccccc1Cl)c1cc([N+](=O)[O-])ccc1Nc1ccc([N+](=O)[O-])cc1[N+](=O)[O-]. The van der Waals surface area contributed by atoms with Crippen molar-refractivity contribution in [2.75, 3.05) is 5.32 Å². The number of ketones is 1. The van der Waals surface area contributed by atoms with Crippen molar-refractivity contribution < 1.29 is 19.6 Å². The highest BCUT2D eigenvalue weighted by Gasteiger charge is 2.24. The van der Waals surface area contributed by atoms with E-state index in [2.05, 4.69) is 5.32 Å². The van der Waals surface area contributed by atoms with E-state index in [9.17, 15) is 35.1 Å². The third-order valence-corrected chi connectivity index (χ3v) is 4.56. The van der Waals surface area contributed by atoms with Crippen molar-refractivity contribution in [1.29, 1.82) is 0 Å². The number of rotatable bonds is 7. The van der Waals surface area contributed by atoms with Crippen molar-refractivity contribution in [2.45, 2.75) is 0 Å². The molecule has 0 aromatic heterocycles. The van der Waals surface area contributed by atoms with Gasteiger partial charge in [-0.05, 0) is 24.3 Å². The molecule has 3 rings (SSSR count). The third-order valence-electron chi connectivity index (χ3n) is 4.24. The van der Waals surface area contributed by atoms with Crippen LogP contribution < -0.4 is 5.32 Å². The van der Waals surface area contributed by atoms with Crippen molar-refractivity contribution in [3.8, 4) is 0 Å². The highest BCUT2D eigenvalue weighted by Crippen LogP contribution is 2.34. The molecule has 0 atom stereocenters. The molecule has 3 aromatic rings. The van der Waals surface area contributed by atoms with Gasteiger partial charge in [0.05, 0.1) is 37.1 Å². The normalized spacial score (nSPS) is 10.4. The van der Waals surface area contributed by atoms with Crippen molar-refractivity contribution in [3.05, 3.63) is 107 Å². The van der Waals surface area contributed by atoms with E-state index in [0.717, 1.165) is 30.3 Å². The summed E-state index contributed by atoms with van der Waals surface area (Å²) in [5.41, 5.74) is -1.68. The highest BCUT2D eigenvalue weighted by molar-refractivity contribution is 6.35. The largest absolute Gasteiger partial charge is 0.349 e. The summed E-state index contributed by atoms with van der Waals surface area (Å²) in [5, 5.41) is 36.3. The van der Waals surface area contributed by atoms with Gasteiger partial charge < -0.3 is 5.32 Å². The number of hydrogen-bond acceptors (Lipinski definition) is 8. The van der Waals surface area contributed by atoms with E-state index < -0.39 is 31.9 Å². The Morgan fingerprint density at radius 3 is 1.90 bits per heavy atom. The summed E-state index contributed by atoms with van der Waals surface area (Å²) < 4.78 is 0. The van der Waals surface area contributed by atoms with Gasteiger partial charge in [-0.25, -0.2) is 0 Å². The molecule has 0 spiro atoms. The van der Waals surface area contributed by atoms with Gasteiger partial charge >= 0.3 is 0 Å². The lowest BCUT2D eigenvalue weighted by Crippen LogP contribution is -2.08. The second kappa shape index (κ2) is 8.55. The van der Waals surface area contributed by atoms with Gasteiger partial charge in [0, 0.05) is 23.8 Å². The first kappa shape index (κ1) is 21.3. The predicted octanol–water partition coefficient (Wildman–Crippen LogP) is 5.04. The third kappa shape index (κ3) is 4.46. The molecule has 0 radical (unpaired) electrons. The van der Waals surface area contributed by atoms with Gasteiger partial charge in [0.1, 0.15) is 5.69 Å². The molecule has 11 nitrogen and oxygen atoms in total. The molecular formula is C19H11ClN4O7. The standard InChI is InChI=1S/C19H11ClN4O7/c20-15-4-2-1-3-13(15)19(25)14-9-11(22(26)27)5-7-16(14)21-17-8-6-12(23(28)29)10-18(17)24(30)31/h1-10,21H. The molecule has 0 saturated carbocycles. The number of carbonyl (C=O) groups excluding carboxylic acids is 1. The van der Waals surface area contributed by atoms with Crippen molar-refractivity contribution >= 4 is 45.8 Å². The van der Waals surface area contributed by atoms with Crippen LogP contribution in [0.15, 0.2) is 60.7 Å². The zero-order chi connectivity index (χ0) is 22.7. The number of non-ortho nitro benzene ring substituents is 2. The van der Waals surface area contributed by atoms with Crippen molar-refractivity contribution in [2.24, 2.45) is 0 Å². The number of halogens is 1. The number of nitrogens with one attached hydrogen (secondary N) is 1. The lowest BCUT2D eigenvalue weighted by atomic mass is 10.0. The predicted molar refractivity (Wildman–Crippen MR) is 111 cm³/mol. The van der Waals surface area contributed by atoms with Gasteiger partial charge in [-0.1, -0.05) is 23.7 Å². The lowest BCUT2D eigenvalue weighted by molar-refractivity contribution is -0.393. The van der Waals surface area contributed by atoms with E-state index in [0.29, 0.717) is 0 Å². The minimum Gasteiger partial charge on any atom is -0.349 e. The molecule has 31 heavy (non-hydrogen) atoms. The summed E-state index contributed by atoms with van der Waals surface area (Å²) in [4.78, 5) is 44.2. The van der Waals surface area contributed by atoms with E-state index in [1.165, 1.54) is 18.2 Å². The average Bonchev–Trinajstić information content (AvgIpc) is 2.73. The van der Waals surface area contributed by atoms with Crippen molar-refractivity contribution in [1.82, 2.24) is 0 Å². The topological polar surface area (TPSA) is 159 Å². The molecule has 156 valence electrons.